The second kappa shape index (κ2) is 6.87. The molecule has 3 N–H and O–H groups in total. The maximum atomic E-state index is 13.7. The molecule has 0 heterocycles. The summed E-state index contributed by atoms with van der Waals surface area (Å²) >= 11 is 0. The maximum absolute atomic E-state index is 13.7. The Bertz CT molecular complexity index is 540. The molecule has 0 aliphatic heterocycles. The highest BCUT2D eigenvalue weighted by atomic mass is 32.2. The monoisotopic (exact) mass is 306 g/mol. The summed E-state index contributed by atoms with van der Waals surface area (Å²) in [5, 5.41) is 0. The highest BCUT2D eigenvalue weighted by Gasteiger charge is 2.22. The van der Waals surface area contributed by atoms with Crippen LogP contribution in [0.3, 0.4) is 0 Å². The lowest BCUT2D eigenvalue weighted by Gasteiger charge is -2.17. The smallest absolute Gasteiger partial charge is 0.241 e. The number of halogens is 1. The van der Waals surface area contributed by atoms with E-state index in [4.69, 9.17) is 15.2 Å². The molecule has 1 aromatic carbocycles. The third kappa shape index (κ3) is 3.81. The fourth-order valence-corrected chi connectivity index (χ4v) is 3.03. The van der Waals surface area contributed by atoms with E-state index in [9.17, 15) is 12.8 Å². The van der Waals surface area contributed by atoms with Crippen LogP contribution < -0.4 is 15.2 Å². The van der Waals surface area contributed by atoms with Crippen LogP contribution in [0.15, 0.2) is 17.0 Å². The molecule has 0 saturated heterocycles. The second-order valence-corrected chi connectivity index (χ2v) is 5.92. The van der Waals surface area contributed by atoms with Gasteiger partial charge in [0.15, 0.2) is 11.6 Å². The van der Waals surface area contributed by atoms with E-state index in [0.717, 1.165) is 12.1 Å². The van der Waals surface area contributed by atoms with Gasteiger partial charge in [0.05, 0.1) is 24.3 Å². The zero-order valence-corrected chi connectivity index (χ0v) is 12.5. The molecule has 0 bridgehead atoms. The van der Waals surface area contributed by atoms with Crippen LogP contribution >= 0.6 is 0 Å². The van der Waals surface area contributed by atoms with Crippen molar-refractivity contribution in [1.82, 2.24) is 4.72 Å². The molecule has 0 aromatic heterocycles. The molecule has 6 nitrogen and oxygen atoms in total. The van der Waals surface area contributed by atoms with Crippen molar-refractivity contribution in [3.8, 4) is 5.75 Å². The molecule has 1 aromatic rings. The zero-order chi connectivity index (χ0) is 15.3. The molecular formula is C12H19FN2O4S. The van der Waals surface area contributed by atoms with Gasteiger partial charge >= 0.3 is 0 Å². The summed E-state index contributed by atoms with van der Waals surface area (Å²) in [5.74, 6) is -0.999. The topological polar surface area (TPSA) is 90.7 Å². The zero-order valence-electron chi connectivity index (χ0n) is 11.6. The van der Waals surface area contributed by atoms with Gasteiger partial charge in [0.1, 0.15) is 0 Å². The number of anilines is 1. The largest absolute Gasteiger partial charge is 0.492 e. The molecule has 0 fully saturated rings. The van der Waals surface area contributed by atoms with Gasteiger partial charge in [0, 0.05) is 13.2 Å². The molecule has 114 valence electrons. The van der Waals surface area contributed by atoms with Gasteiger partial charge in [-0.3, -0.25) is 0 Å². The predicted octanol–water partition coefficient (Wildman–Crippen LogP) is 1.12. The summed E-state index contributed by atoms with van der Waals surface area (Å²) in [6.45, 7) is 2.04. The van der Waals surface area contributed by atoms with Crippen molar-refractivity contribution >= 4 is 15.7 Å². The first-order chi connectivity index (χ1) is 9.35. The minimum absolute atomic E-state index is 0.0762. The first kappa shape index (κ1) is 16.7. The number of nitrogens with two attached hydrogens (primary N) is 1. The molecule has 0 radical (unpaired) electrons. The number of methoxy groups -OCH3 is 2. The van der Waals surface area contributed by atoms with Gasteiger partial charge in [0.2, 0.25) is 10.0 Å². The van der Waals surface area contributed by atoms with E-state index in [-0.39, 0.29) is 22.9 Å². The number of hydrogen-bond donors (Lipinski definition) is 2. The molecular weight excluding hydrogens is 287 g/mol. The Morgan fingerprint density at radius 1 is 1.40 bits per heavy atom. The van der Waals surface area contributed by atoms with E-state index in [1.54, 1.807) is 0 Å². The van der Waals surface area contributed by atoms with Crippen LogP contribution in [-0.2, 0) is 14.8 Å². The van der Waals surface area contributed by atoms with Crippen molar-refractivity contribution in [3.63, 3.8) is 0 Å². The molecule has 0 spiro atoms. The number of benzene rings is 1. The number of nitrogens with one attached hydrogen (secondary N) is 1. The Kier molecular flexibility index (Phi) is 5.73. The first-order valence-corrected chi connectivity index (χ1v) is 7.48. The summed E-state index contributed by atoms with van der Waals surface area (Å²) in [6.07, 6.45) is 0.543. The van der Waals surface area contributed by atoms with Crippen LogP contribution in [0.4, 0.5) is 10.1 Å². The molecule has 8 heteroatoms. The minimum Gasteiger partial charge on any atom is -0.492 e. The molecule has 0 aliphatic rings. The lowest BCUT2D eigenvalue weighted by molar-refractivity contribution is 0.173. The predicted molar refractivity (Wildman–Crippen MR) is 73.6 cm³/mol. The molecule has 0 saturated carbocycles. The van der Waals surface area contributed by atoms with E-state index in [1.165, 1.54) is 14.2 Å². The van der Waals surface area contributed by atoms with Gasteiger partial charge in [0.25, 0.3) is 0 Å². The molecule has 0 aliphatic carbocycles. The molecule has 1 rings (SSSR count). The summed E-state index contributed by atoms with van der Waals surface area (Å²) in [6, 6.07) is 1.64. The molecule has 0 amide bonds. The normalized spacial score (nSPS) is 13.2. The maximum Gasteiger partial charge on any atom is 0.241 e. The Labute approximate surface area is 118 Å². The summed E-state index contributed by atoms with van der Waals surface area (Å²) < 4.78 is 50.1. The summed E-state index contributed by atoms with van der Waals surface area (Å²) in [4.78, 5) is -0.247. The lowest BCUT2D eigenvalue weighted by atomic mass is 10.3. The van der Waals surface area contributed by atoms with Crippen LogP contribution in [0.5, 0.6) is 5.75 Å². The number of ether oxygens (including phenoxy) is 2. The fourth-order valence-electron chi connectivity index (χ4n) is 1.68. The average molecular weight is 306 g/mol. The van der Waals surface area contributed by atoms with Crippen LogP contribution in [0, 0.1) is 5.82 Å². The van der Waals surface area contributed by atoms with Gasteiger partial charge in [-0.15, -0.1) is 0 Å². The molecule has 1 unspecified atom stereocenters. The second-order valence-electron chi connectivity index (χ2n) is 4.21. The van der Waals surface area contributed by atoms with Crippen molar-refractivity contribution in [2.24, 2.45) is 0 Å². The van der Waals surface area contributed by atoms with Crippen molar-refractivity contribution in [3.05, 3.63) is 17.9 Å². The Morgan fingerprint density at radius 2 is 2.05 bits per heavy atom. The fraction of sp³-hybridized carbons (Fsp3) is 0.500. The van der Waals surface area contributed by atoms with Gasteiger partial charge in [-0.25, -0.2) is 17.5 Å². The van der Waals surface area contributed by atoms with Crippen LogP contribution in [-0.4, -0.2) is 35.3 Å². The highest BCUT2D eigenvalue weighted by molar-refractivity contribution is 7.89. The van der Waals surface area contributed by atoms with Gasteiger partial charge in [-0.2, -0.15) is 0 Å². The minimum atomic E-state index is -3.87. The van der Waals surface area contributed by atoms with E-state index in [2.05, 4.69) is 4.72 Å². The summed E-state index contributed by atoms with van der Waals surface area (Å²) in [5.41, 5.74) is 5.49. The van der Waals surface area contributed by atoms with Gasteiger partial charge in [-0.05, 0) is 18.6 Å². The van der Waals surface area contributed by atoms with Gasteiger partial charge < -0.3 is 15.2 Å². The number of sulfonamides is 1. The Morgan fingerprint density at radius 3 is 2.50 bits per heavy atom. The Balaban J connectivity index is 3.10. The van der Waals surface area contributed by atoms with E-state index in [0.29, 0.717) is 6.42 Å². The van der Waals surface area contributed by atoms with Crippen LogP contribution in [0.25, 0.3) is 0 Å². The lowest BCUT2D eigenvalue weighted by Crippen LogP contribution is -2.37. The number of nitrogen functional groups attached to an aromatic ring is 1. The van der Waals surface area contributed by atoms with Crippen LogP contribution in [0.2, 0.25) is 0 Å². The Hall–Kier alpha value is -1.38. The third-order valence-corrected chi connectivity index (χ3v) is 4.24. The van der Waals surface area contributed by atoms with E-state index < -0.39 is 21.9 Å². The average Bonchev–Trinajstić information content (AvgIpc) is 2.37. The van der Waals surface area contributed by atoms with Gasteiger partial charge in [-0.1, -0.05) is 6.92 Å². The first-order valence-electron chi connectivity index (χ1n) is 6.00. The number of hydrogen-bond acceptors (Lipinski definition) is 5. The summed E-state index contributed by atoms with van der Waals surface area (Å²) in [7, 11) is -1.14. The van der Waals surface area contributed by atoms with E-state index >= 15 is 0 Å². The van der Waals surface area contributed by atoms with Crippen molar-refractivity contribution in [1.29, 1.82) is 0 Å². The van der Waals surface area contributed by atoms with Crippen molar-refractivity contribution in [2.75, 3.05) is 26.6 Å². The standard InChI is InChI=1S/C12H19FN2O4S/c1-4-8(7-18-2)15-20(16,17)9-5-10(13)12(19-3)11(14)6-9/h5-6,8,15H,4,7,14H2,1-3H3. The van der Waals surface area contributed by atoms with Crippen molar-refractivity contribution in [2.45, 2.75) is 24.3 Å². The quantitative estimate of drug-likeness (QED) is 0.737. The highest BCUT2D eigenvalue weighted by Crippen LogP contribution is 2.28. The molecule has 1 atom stereocenters. The SMILES string of the molecule is CCC(COC)NS(=O)(=O)c1cc(N)c(OC)c(F)c1. The number of rotatable bonds is 7. The van der Waals surface area contributed by atoms with E-state index in [1.807, 2.05) is 6.92 Å². The third-order valence-electron chi connectivity index (χ3n) is 2.74. The van der Waals surface area contributed by atoms with Crippen LogP contribution in [0.1, 0.15) is 13.3 Å². The molecule has 20 heavy (non-hydrogen) atoms. The van der Waals surface area contributed by atoms with Crippen molar-refractivity contribution < 1.29 is 22.3 Å².